The molecule has 0 spiro atoms. The van der Waals surface area contributed by atoms with E-state index in [1.165, 1.54) is 38.6 Å². The van der Waals surface area contributed by atoms with Crippen LogP contribution in [0.15, 0.2) is 41.6 Å². The van der Waals surface area contributed by atoms with Crippen molar-refractivity contribution in [3.63, 3.8) is 0 Å². The van der Waals surface area contributed by atoms with Gasteiger partial charge in [0.15, 0.2) is 0 Å². The van der Waals surface area contributed by atoms with E-state index >= 15 is 0 Å². The maximum Gasteiger partial charge on any atom is 0.241 e. The fourth-order valence-electron chi connectivity index (χ4n) is 2.93. The third-order valence-corrected chi connectivity index (χ3v) is 5.83. The summed E-state index contributed by atoms with van der Waals surface area (Å²) in [6.07, 6.45) is 9.25. The van der Waals surface area contributed by atoms with Gasteiger partial charge in [-0.25, -0.2) is 23.1 Å². The molecular weight excluding hydrogens is 352 g/mol. The number of nitrogens with one attached hydrogen (secondary N) is 2. The molecule has 0 bridgehead atoms. The largest absolute Gasteiger partial charge is 0.474 e. The number of anilines is 1. The molecule has 1 aliphatic rings. The van der Waals surface area contributed by atoms with E-state index in [-0.39, 0.29) is 11.0 Å². The van der Waals surface area contributed by atoms with Crippen molar-refractivity contribution in [1.82, 2.24) is 14.7 Å². The highest BCUT2D eigenvalue weighted by molar-refractivity contribution is 7.89. The first kappa shape index (κ1) is 18.6. The van der Waals surface area contributed by atoms with Crippen LogP contribution >= 0.6 is 0 Å². The van der Waals surface area contributed by atoms with Crippen molar-refractivity contribution in [2.24, 2.45) is 0 Å². The van der Waals surface area contributed by atoms with E-state index in [4.69, 9.17) is 4.74 Å². The van der Waals surface area contributed by atoms with Gasteiger partial charge in [-0.2, -0.15) is 0 Å². The number of pyridine rings is 2. The zero-order chi connectivity index (χ0) is 18.4. The van der Waals surface area contributed by atoms with Crippen LogP contribution in [-0.2, 0) is 16.6 Å². The predicted octanol–water partition coefficient (Wildman–Crippen LogP) is 2.71. The molecule has 2 N–H and O–H groups in total. The molecule has 26 heavy (non-hydrogen) atoms. The highest BCUT2D eigenvalue weighted by Gasteiger charge is 2.15. The summed E-state index contributed by atoms with van der Waals surface area (Å²) < 4.78 is 31.7. The Labute approximate surface area is 154 Å². The monoisotopic (exact) mass is 376 g/mol. The zero-order valence-electron chi connectivity index (χ0n) is 14.8. The van der Waals surface area contributed by atoms with Crippen LogP contribution in [0, 0.1) is 0 Å². The summed E-state index contributed by atoms with van der Waals surface area (Å²) >= 11 is 0. The third kappa shape index (κ3) is 4.92. The van der Waals surface area contributed by atoms with E-state index in [1.54, 1.807) is 12.3 Å². The second-order valence-corrected chi connectivity index (χ2v) is 8.21. The minimum atomic E-state index is -3.47. The van der Waals surface area contributed by atoms with E-state index in [9.17, 15) is 8.42 Å². The number of nitrogens with zero attached hydrogens (tertiary/aromatic N) is 2. The molecular formula is C18H24N4O3S. The number of rotatable bonds is 7. The maximum atomic E-state index is 11.7. The minimum absolute atomic E-state index is 0.137. The predicted molar refractivity (Wildman–Crippen MR) is 99.5 cm³/mol. The van der Waals surface area contributed by atoms with Gasteiger partial charge in [0.05, 0.1) is 0 Å². The number of sulfonamides is 1. The molecule has 2 heterocycles. The summed E-state index contributed by atoms with van der Waals surface area (Å²) in [5.74, 6) is 1.26. The lowest BCUT2D eigenvalue weighted by atomic mass is 9.98. The Morgan fingerprint density at radius 2 is 1.96 bits per heavy atom. The van der Waals surface area contributed by atoms with Gasteiger partial charge in [0.1, 0.15) is 16.8 Å². The van der Waals surface area contributed by atoms with E-state index in [0.717, 1.165) is 18.4 Å². The van der Waals surface area contributed by atoms with Gasteiger partial charge in [-0.3, -0.25) is 0 Å². The molecule has 0 unspecified atom stereocenters. The maximum absolute atomic E-state index is 11.7. The molecule has 1 saturated carbocycles. The lowest BCUT2D eigenvalue weighted by Crippen LogP contribution is -2.20. The lowest BCUT2D eigenvalue weighted by Gasteiger charge is -2.22. The van der Waals surface area contributed by atoms with E-state index in [0.29, 0.717) is 18.2 Å². The van der Waals surface area contributed by atoms with Gasteiger partial charge in [-0.05, 0) is 56.5 Å². The molecule has 2 aromatic rings. The van der Waals surface area contributed by atoms with Crippen molar-refractivity contribution in [3.8, 4) is 5.88 Å². The summed E-state index contributed by atoms with van der Waals surface area (Å²) in [6.45, 7) is 0.550. The van der Waals surface area contributed by atoms with Crippen molar-refractivity contribution < 1.29 is 13.2 Å². The van der Waals surface area contributed by atoms with Crippen LogP contribution in [0.25, 0.3) is 0 Å². The molecule has 140 valence electrons. The zero-order valence-corrected chi connectivity index (χ0v) is 15.6. The van der Waals surface area contributed by atoms with Crippen LogP contribution in [0.4, 0.5) is 5.82 Å². The average molecular weight is 376 g/mol. The number of hydrogen-bond acceptors (Lipinski definition) is 6. The Balaban J connectivity index is 1.58. The molecule has 0 amide bonds. The van der Waals surface area contributed by atoms with E-state index in [2.05, 4.69) is 20.0 Å². The van der Waals surface area contributed by atoms with E-state index < -0.39 is 10.0 Å². The molecule has 2 aromatic heterocycles. The van der Waals surface area contributed by atoms with Crippen LogP contribution in [0.2, 0.25) is 0 Å². The molecule has 3 rings (SSSR count). The van der Waals surface area contributed by atoms with E-state index in [1.807, 2.05) is 12.1 Å². The van der Waals surface area contributed by atoms with Crippen LogP contribution in [0.3, 0.4) is 0 Å². The van der Waals surface area contributed by atoms with Gasteiger partial charge in [-0.1, -0.05) is 6.42 Å². The van der Waals surface area contributed by atoms with Gasteiger partial charge >= 0.3 is 0 Å². The van der Waals surface area contributed by atoms with Crippen molar-refractivity contribution in [3.05, 3.63) is 42.2 Å². The smallest absolute Gasteiger partial charge is 0.241 e. The second kappa shape index (κ2) is 8.46. The first-order chi connectivity index (χ1) is 12.6. The van der Waals surface area contributed by atoms with Crippen LogP contribution in [0.1, 0.15) is 37.7 Å². The SMILES string of the molecule is CNS(=O)(=O)c1ccc(NCc2ccnc(OC3CCCCC3)c2)nc1. The van der Waals surface area contributed by atoms with Gasteiger partial charge in [0.25, 0.3) is 0 Å². The summed E-state index contributed by atoms with van der Waals surface area (Å²) in [6, 6.07) is 7.01. The molecule has 0 radical (unpaired) electrons. The number of hydrogen-bond donors (Lipinski definition) is 2. The first-order valence-electron chi connectivity index (χ1n) is 8.82. The lowest BCUT2D eigenvalue weighted by molar-refractivity contribution is 0.148. The average Bonchev–Trinajstić information content (AvgIpc) is 2.68. The second-order valence-electron chi connectivity index (χ2n) is 6.32. The Bertz CT molecular complexity index is 819. The molecule has 0 atom stereocenters. The van der Waals surface area contributed by atoms with Crippen LogP contribution < -0.4 is 14.8 Å². The van der Waals surface area contributed by atoms with Crippen molar-refractivity contribution in [1.29, 1.82) is 0 Å². The highest BCUT2D eigenvalue weighted by atomic mass is 32.2. The fraction of sp³-hybridized carbons (Fsp3) is 0.444. The Morgan fingerprint density at radius 1 is 1.15 bits per heavy atom. The minimum Gasteiger partial charge on any atom is -0.474 e. The Kier molecular flexibility index (Phi) is 6.05. The summed E-state index contributed by atoms with van der Waals surface area (Å²) in [4.78, 5) is 8.58. The normalized spacial score (nSPS) is 15.6. The number of aromatic nitrogens is 2. The molecule has 8 heteroatoms. The molecule has 1 aliphatic carbocycles. The molecule has 0 aromatic carbocycles. The Hall–Kier alpha value is -2.19. The van der Waals surface area contributed by atoms with Gasteiger partial charge in [0, 0.05) is 25.0 Å². The van der Waals surface area contributed by atoms with Crippen LogP contribution in [0.5, 0.6) is 5.88 Å². The summed E-state index contributed by atoms with van der Waals surface area (Å²) in [5.41, 5.74) is 1.03. The van der Waals surface area contributed by atoms with Gasteiger partial charge in [-0.15, -0.1) is 0 Å². The van der Waals surface area contributed by atoms with Crippen molar-refractivity contribution >= 4 is 15.8 Å². The molecule has 0 aliphatic heterocycles. The topological polar surface area (TPSA) is 93.2 Å². The molecule has 7 nitrogen and oxygen atoms in total. The van der Waals surface area contributed by atoms with Crippen molar-refractivity contribution in [2.45, 2.75) is 49.6 Å². The summed E-state index contributed by atoms with van der Waals surface area (Å²) in [5, 5.41) is 3.18. The van der Waals surface area contributed by atoms with Crippen LogP contribution in [-0.4, -0.2) is 31.5 Å². The third-order valence-electron chi connectivity index (χ3n) is 4.43. The molecule has 1 fully saturated rings. The fourth-order valence-corrected chi connectivity index (χ4v) is 3.61. The quantitative estimate of drug-likeness (QED) is 0.772. The van der Waals surface area contributed by atoms with Gasteiger partial charge < -0.3 is 10.1 Å². The highest BCUT2D eigenvalue weighted by Crippen LogP contribution is 2.22. The molecule has 0 saturated heterocycles. The summed E-state index contributed by atoms with van der Waals surface area (Å²) in [7, 11) is -2.09. The standard InChI is InChI=1S/C18H24N4O3S/c1-19-26(23,24)16-7-8-17(22-13-16)21-12-14-9-10-20-18(11-14)25-15-5-3-2-4-6-15/h7-11,13,15,19H,2-6,12H2,1H3,(H,21,22). The Morgan fingerprint density at radius 3 is 2.65 bits per heavy atom. The number of ether oxygens (including phenoxy) is 1. The van der Waals surface area contributed by atoms with Crippen molar-refractivity contribution in [2.75, 3.05) is 12.4 Å². The first-order valence-corrected chi connectivity index (χ1v) is 10.3. The van der Waals surface area contributed by atoms with Gasteiger partial charge in [0.2, 0.25) is 15.9 Å².